The molecule has 0 spiro atoms. The zero-order chi connectivity index (χ0) is 16.1. The number of nitrogens with two attached hydrogens (primary N) is 1. The van der Waals surface area contributed by atoms with Gasteiger partial charge in [0.15, 0.2) is 18.1 Å². The number of ether oxygens (including phenoxy) is 2. The van der Waals surface area contributed by atoms with E-state index in [0.717, 1.165) is 24.9 Å². The molecule has 2 N–H and O–H groups in total. The van der Waals surface area contributed by atoms with E-state index >= 15 is 0 Å². The molecule has 5 nitrogen and oxygen atoms in total. The van der Waals surface area contributed by atoms with Gasteiger partial charge in [0, 0.05) is 19.1 Å². The first kappa shape index (κ1) is 16.6. The number of carbonyl (C=O) groups is 1. The number of likely N-dealkylation sites (tertiary alicyclic amines) is 1. The Morgan fingerprint density at radius 2 is 2.18 bits per heavy atom. The van der Waals surface area contributed by atoms with Crippen LogP contribution in [0.2, 0.25) is 0 Å². The van der Waals surface area contributed by atoms with E-state index in [2.05, 4.69) is 6.92 Å². The van der Waals surface area contributed by atoms with E-state index in [1.54, 1.807) is 7.11 Å². The van der Waals surface area contributed by atoms with Gasteiger partial charge in [-0.25, -0.2) is 0 Å². The summed E-state index contributed by atoms with van der Waals surface area (Å²) in [5.41, 5.74) is 6.92. The Morgan fingerprint density at radius 3 is 2.86 bits per heavy atom. The molecule has 1 aliphatic heterocycles. The van der Waals surface area contributed by atoms with E-state index in [9.17, 15) is 4.79 Å². The summed E-state index contributed by atoms with van der Waals surface area (Å²) in [5, 5.41) is 0. The van der Waals surface area contributed by atoms with Crippen LogP contribution in [0.1, 0.15) is 25.3 Å². The molecule has 2 rings (SSSR count). The average Bonchev–Trinajstić information content (AvgIpc) is 2.52. The third-order valence-corrected chi connectivity index (χ3v) is 4.35. The molecule has 0 unspecified atom stereocenters. The molecule has 0 aromatic heterocycles. The van der Waals surface area contributed by atoms with Crippen molar-refractivity contribution in [2.24, 2.45) is 11.7 Å². The summed E-state index contributed by atoms with van der Waals surface area (Å²) in [6, 6.07) is 5.78. The largest absolute Gasteiger partial charge is 0.493 e. The zero-order valence-corrected chi connectivity index (χ0v) is 13.7. The summed E-state index contributed by atoms with van der Waals surface area (Å²) >= 11 is 0. The Balaban J connectivity index is 2.00. The second kappa shape index (κ2) is 7.49. The highest BCUT2D eigenvalue weighted by atomic mass is 16.5. The molecule has 2 atom stereocenters. The third kappa shape index (κ3) is 3.71. The van der Waals surface area contributed by atoms with Crippen molar-refractivity contribution < 1.29 is 14.3 Å². The molecule has 1 aromatic rings. The first-order valence-electron chi connectivity index (χ1n) is 7.83. The third-order valence-electron chi connectivity index (χ3n) is 4.35. The van der Waals surface area contributed by atoms with Gasteiger partial charge >= 0.3 is 0 Å². The Hall–Kier alpha value is -1.75. The standard InChI is InChI=1S/C17H26N2O3/c1-12-6-7-15(16(9-12)21-3)22-11-17(20)19-8-4-5-13(2)14(19)10-18/h6-7,9,13-14H,4-5,8,10-11,18H2,1-3H3/t13-,14-/m0/s1. The zero-order valence-electron chi connectivity index (χ0n) is 13.7. The van der Waals surface area contributed by atoms with E-state index in [1.807, 2.05) is 30.0 Å². The molecule has 0 radical (unpaired) electrons. The van der Waals surface area contributed by atoms with Gasteiger partial charge in [-0.2, -0.15) is 0 Å². The number of piperidine rings is 1. The number of aryl methyl sites for hydroxylation is 1. The number of benzene rings is 1. The fraction of sp³-hybridized carbons (Fsp3) is 0.588. The molecule has 22 heavy (non-hydrogen) atoms. The topological polar surface area (TPSA) is 64.8 Å². The first-order valence-corrected chi connectivity index (χ1v) is 7.83. The van der Waals surface area contributed by atoms with E-state index in [4.69, 9.17) is 15.2 Å². The van der Waals surface area contributed by atoms with E-state index in [1.165, 1.54) is 0 Å². The number of rotatable bonds is 5. The van der Waals surface area contributed by atoms with Crippen molar-refractivity contribution in [2.75, 3.05) is 26.8 Å². The number of carbonyl (C=O) groups excluding carboxylic acids is 1. The number of nitrogens with zero attached hydrogens (tertiary/aromatic N) is 1. The molecule has 1 aromatic carbocycles. The molecule has 0 bridgehead atoms. The van der Waals surface area contributed by atoms with Gasteiger partial charge in [-0.15, -0.1) is 0 Å². The van der Waals surface area contributed by atoms with Crippen LogP contribution >= 0.6 is 0 Å². The normalized spacial score (nSPS) is 21.5. The van der Waals surface area contributed by atoms with E-state index in [-0.39, 0.29) is 18.6 Å². The van der Waals surface area contributed by atoms with Gasteiger partial charge in [0.1, 0.15) is 0 Å². The van der Waals surface area contributed by atoms with E-state index < -0.39 is 0 Å². The summed E-state index contributed by atoms with van der Waals surface area (Å²) in [6.07, 6.45) is 2.15. The molecule has 5 heteroatoms. The summed E-state index contributed by atoms with van der Waals surface area (Å²) in [4.78, 5) is 14.3. The average molecular weight is 306 g/mol. The summed E-state index contributed by atoms with van der Waals surface area (Å²) in [6.45, 7) is 5.42. The maximum atomic E-state index is 12.5. The molecule has 0 aliphatic carbocycles. The maximum absolute atomic E-state index is 12.5. The molecule has 122 valence electrons. The Kier molecular flexibility index (Phi) is 5.66. The maximum Gasteiger partial charge on any atom is 0.260 e. The van der Waals surface area contributed by atoms with Crippen molar-refractivity contribution in [3.05, 3.63) is 23.8 Å². The molecular weight excluding hydrogens is 280 g/mol. The number of methoxy groups -OCH3 is 1. The van der Waals surface area contributed by atoms with Crippen LogP contribution in [0.25, 0.3) is 0 Å². The second-order valence-electron chi connectivity index (χ2n) is 5.95. The van der Waals surface area contributed by atoms with Crippen molar-refractivity contribution in [1.82, 2.24) is 4.90 Å². The molecule has 1 aliphatic rings. The Bertz CT molecular complexity index is 519. The molecule has 1 amide bonds. The predicted molar refractivity (Wildman–Crippen MR) is 86.2 cm³/mol. The highest BCUT2D eigenvalue weighted by Crippen LogP contribution is 2.28. The highest BCUT2D eigenvalue weighted by molar-refractivity contribution is 5.78. The van der Waals surface area contributed by atoms with Crippen LogP contribution in [0, 0.1) is 12.8 Å². The summed E-state index contributed by atoms with van der Waals surface area (Å²) < 4.78 is 11.0. The monoisotopic (exact) mass is 306 g/mol. The van der Waals surface area contributed by atoms with Crippen LogP contribution in [0.5, 0.6) is 11.5 Å². The SMILES string of the molecule is COc1cc(C)ccc1OCC(=O)N1CCC[C@H](C)[C@@H]1CN. The second-order valence-corrected chi connectivity index (χ2v) is 5.95. The molecule has 1 saturated heterocycles. The minimum absolute atomic E-state index is 0.00960. The minimum Gasteiger partial charge on any atom is -0.493 e. The van der Waals surface area contributed by atoms with Crippen LogP contribution in [-0.4, -0.2) is 43.7 Å². The fourth-order valence-electron chi connectivity index (χ4n) is 3.03. The van der Waals surface area contributed by atoms with Crippen LogP contribution < -0.4 is 15.2 Å². The lowest BCUT2D eigenvalue weighted by molar-refractivity contribution is -0.138. The minimum atomic E-state index is -0.00960. The van der Waals surface area contributed by atoms with Gasteiger partial charge in [0.05, 0.1) is 7.11 Å². The van der Waals surface area contributed by atoms with Crippen molar-refractivity contribution in [1.29, 1.82) is 0 Å². The van der Waals surface area contributed by atoms with Gasteiger partial charge in [0.2, 0.25) is 0 Å². The fourth-order valence-corrected chi connectivity index (χ4v) is 3.03. The molecule has 1 fully saturated rings. The number of amides is 1. The van der Waals surface area contributed by atoms with Crippen molar-refractivity contribution in [2.45, 2.75) is 32.7 Å². The lowest BCUT2D eigenvalue weighted by Crippen LogP contribution is -2.52. The van der Waals surface area contributed by atoms with Crippen LogP contribution in [0.3, 0.4) is 0 Å². The van der Waals surface area contributed by atoms with Gasteiger partial charge in [-0.05, 0) is 43.4 Å². The predicted octanol–water partition coefficient (Wildman–Crippen LogP) is 1.97. The Labute approximate surface area is 132 Å². The lowest BCUT2D eigenvalue weighted by atomic mass is 9.91. The van der Waals surface area contributed by atoms with Crippen LogP contribution in [0.15, 0.2) is 18.2 Å². The van der Waals surface area contributed by atoms with Gasteiger partial charge in [0.25, 0.3) is 5.91 Å². The number of hydrogen-bond donors (Lipinski definition) is 1. The van der Waals surface area contributed by atoms with Crippen LogP contribution in [-0.2, 0) is 4.79 Å². The summed E-state index contributed by atoms with van der Waals surface area (Å²) in [5.74, 6) is 1.67. The lowest BCUT2D eigenvalue weighted by Gasteiger charge is -2.39. The van der Waals surface area contributed by atoms with Crippen molar-refractivity contribution >= 4 is 5.91 Å². The van der Waals surface area contributed by atoms with E-state index in [0.29, 0.717) is 24.0 Å². The van der Waals surface area contributed by atoms with Crippen molar-refractivity contribution in [3.8, 4) is 11.5 Å². The van der Waals surface area contributed by atoms with Gasteiger partial charge in [-0.3, -0.25) is 4.79 Å². The van der Waals surface area contributed by atoms with Gasteiger partial charge < -0.3 is 20.1 Å². The molecular formula is C17H26N2O3. The Morgan fingerprint density at radius 1 is 1.41 bits per heavy atom. The summed E-state index contributed by atoms with van der Waals surface area (Å²) in [7, 11) is 1.60. The first-order chi connectivity index (χ1) is 10.6. The highest BCUT2D eigenvalue weighted by Gasteiger charge is 2.30. The quantitative estimate of drug-likeness (QED) is 0.903. The smallest absolute Gasteiger partial charge is 0.260 e. The van der Waals surface area contributed by atoms with Crippen molar-refractivity contribution in [3.63, 3.8) is 0 Å². The number of hydrogen-bond acceptors (Lipinski definition) is 4. The van der Waals surface area contributed by atoms with Crippen LogP contribution in [0.4, 0.5) is 0 Å². The molecule has 0 saturated carbocycles. The van der Waals surface area contributed by atoms with Gasteiger partial charge in [-0.1, -0.05) is 13.0 Å². The molecule has 1 heterocycles.